The third-order valence-corrected chi connectivity index (χ3v) is 2.08. The Labute approximate surface area is 90.5 Å². The zero-order chi connectivity index (χ0) is 11.4. The predicted octanol–water partition coefficient (Wildman–Crippen LogP) is 3.14. The second-order valence-corrected chi connectivity index (χ2v) is 3.31. The van der Waals surface area contributed by atoms with Crippen LogP contribution in [0.3, 0.4) is 0 Å². The first kappa shape index (κ1) is 11.9. The average molecular weight is 235 g/mol. The third-order valence-electron chi connectivity index (χ3n) is 1.89. The van der Waals surface area contributed by atoms with Gasteiger partial charge in [0.15, 0.2) is 5.78 Å². The van der Waals surface area contributed by atoms with Crippen molar-refractivity contribution in [3.8, 4) is 5.75 Å². The molecule has 2 nitrogen and oxygen atoms in total. The van der Waals surface area contributed by atoms with E-state index in [1.54, 1.807) is 0 Å². The topological polar surface area (TPSA) is 37.3 Å². The van der Waals surface area contributed by atoms with E-state index in [0.29, 0.717) is 0 Å². The highest BCUT2D eigenvalue weighted by Gasteiger charge is 2.18. The Hall–Kier alpha value is -1.16. The van der Waals surface area contributed by atoms with Crippen molar-refractivity contribution in [2.45, 2.75) is 12.8 Å². The number of hydrogen-bond acceptors (Lipinski definition) is 2. The molecule has 0 aliphatic rings. The maximum atomic E-state index is 12.5. The molecule has 0 radical (unpaired) electrons. The zero-order valence-electron chi connectivity index (χ0n) is 7.71. The van der Waals surface area contributed by atoms with E-state index < -0.39 is 17.8 Å². The summed E-state index contributed by atoms with van der Waals surface area (Å²) in [6.07, 6.45) is -2.78. The van der Waals surface area contributed by atoms with Crippen LogP contribution in [-0.4, -0.2) is 16.8 Å². The van der Waals surface area contributed by atoms with Crippen LogP contribution in [0.4, 0.5) is 8.78 Å². The molecule has 0 saturated carbocycles. The number of halogens is 3. The van der Waals surface area contributed by atoms with Gasteiger partial charge in [-0.1, -0.05) is 0 Å². The second-order valence-electron chi connectivity index (χ2n) is 2.93. The summed E-state index contributed by atoms with van der Waals surface area (Å²) in [6, 6.07) is 3.28. The highest BCUT2D eigenvalue weighted by Crippen LogP contribution is 2.27. The summed E-state index contributed by atoms with van der Waals surface area (Å²) >= 11 is 5.35. The smallest absolute Gasteiger partial charge is 0.264 e. The highest BCUT2D eigenvalue weighted by molar-refractivity contribution is 6.19. The maximum Gasteiger partial charge on any atom is 0.264 e. The molecule has 0 spiro atoms. The van der Waals surface area contributed by atoms with E-state index in [1.165, 1.54) is 12.1 Å². The third kappa shape index (κ3) is 2.89. The fourth-order valence-electron chi connectivity index (χ4n) is 1.21. The van der Waals surface area contributed by atoms with Crippen molar-refractivity contribution in [3.63, 3.8) is 0 Å². The lowest BCUT2D eigenvalue weighted by Crippen LogP contribution is -2.04. The van der Waals surface area contributed by atoms with Gasteiger partial charge in [-0.3, -0.25) is 4.79 Å². The zero-order valence-corrected chi connectivity index (χ0v) is 8.47. The Balaban J connectivity index is 3.11. The van der Waals surface area contributed by atoms with Gasteiger partial charge in [-0.2, -0.15) is 0 Å². The first-order chi connectivity index (χ1) is 7.06. The second kappa shape index (κ2) is 5.07. The van der Waals surface area contributed by atoms with Crippen molar-refractivity contribution >= 4 is 17.4 Å². The normalized spacial score (nSPS) is 10.7. The molecule has 0 aromatic heterocycles. The summed E-state index contributed by atoms with van der Waals surface area (Å²) < 4.78 is 25.0. The number of Topliss-reactive ketones (excluding diaryl/α,β-unsaturated/α-hetero) is 1. The number of alkyl halides is 3. The number of hydrogen-bond donors (Lipinski definition) is 1. The van der Waals surface area contributed by atoms with Gasteiger partial charge in [0, 0.05) is 23.4 Å². The Kier molecular flexibility index (Phi) is 4.03. The van der Waals surface area contributed by atoms with Gasteiger partial charge in [0.2, 0.25) is 0 Å². The van der Waals surface area contributed by atoms with Gasteiger partial charge < -0.3 is 5.11 Å². The van der Waals surface area contributed by atoms with Crippen LogP contribution in [0.1, 0.15) is 28.8 Å². The van der Waals surface area contributed by atoms with E-state index in [-0.39, 0.29) is 23.6 Å². The SMILES string of the molecule is O=C(CCCl)c1ccc(O)cc1C(F)F. The number of aromatic hydroxyl groups is 1. The van der Waals surface area contributed by atoms with E-state index in [4.69, 9.17) is 16.7 Å². The van der Waals surface area contributed by atoms with Crippen LogP contribution >= 0.6 is 11.6 Å². The van der Waals surface area contributed by atoms with Crippen molar-refractivity contribution in [1.29, 1.82) is 0 Å². The van der Waals surface area contributed by atoms with E-state index in [2.05, 4.69) is 0 Å². The molecule has 82 valence electrons. The van der Waals surface area contributed by atoms with Gasteiger partial charge in [0.05, 0.1) is 0 Å². The number of phenolic OH excluding ortho intramolecular Hbond substituents is 1. The molecule has 0 saturated heterocycles. The van der Waals surface area contributed by atoms with Crippen LogP contribution in [0.15, 0.2) is 18.2 Å². The summed E-state index contributed by atoms with van der Waals surface area (Å²) in [4.78, 5) is 11.4. The first-order valence-electron chi connectivity index (χ1n) is 4.26. The number of rotatable bonds is 4. The summed E-state index contributed by atoms with van der Waals surface area (Å²) in [7, 11) is 0. The fourth-order valence-corrected chi connectivity index (χ4v) is 1.38. The largest absolute Gasteiger partial charge is 0.508 e. The van der Waals surface area contributed by atoms with Gasteiger partial charge in [-0.15, -0.1) is 11.6 Å². The lowest BCUT2D eigenvalue weighted by atomic mass is 10.0. The first-order valence-corrected chi connectivity index (χ1v) is 4.80. The summed E-state index contributed by atoms with van der Waals surface area (Å²) in [5.74, 6) is -0.643. The Morgan fingerprint density at radius 2 is 2.13 bits per heavy atom. The van der Waals surface area contributed by atoms with E-state index in [1.807, 2.05) is 0 Å². The molecule has 0 aliphatic carbocycles. The number of phenols is 1. The van der Waals surface area contributed by atoms with E-state index >= 15 is 0 Å². The molecule has 1 rings (SSSR count). The number of ketones is 1. The minimum atomic E-state index is -2.79. The quantitative estimate of drug-likeness (QED) is 0.642. The monoisotopic (exact) mass is 234 g/mol. The molecule has 15 heavy (non-hydrogen) atoms. The molecule has 0 amide bonds. The molecule has 0 bridgehead atoms. The molecule has 1 N–H and O–H groups in total. The number of carbonyl (C=O) groups excluding carboxylic acids is 1. The molecule has 5 heteroatoms. The van der Waals surface area contributed by atoms with Crippen LogP contribution in [0.5, 0.6) is 5.75 Å². The summed E-state index contributed by atoms with van der Waals surface area (Å²) in [5, 5.41) is 9.03. The lowest BCUT2D eigenvalue weighted by molar-refractivity contribution is 0.0975. The van der Waals surface area contributed by atoms with Crippen LogP contribution in [0, 0.1) is 0 Å². The molecule has 0 unspecified atom stereocenters. The van der Waals surface area contributed by atoms with E-state index in [0.717, 1.165) is 6.07 Å². The average Bonchev–Trinajstić information content (AvgIpc) is 2.17. The molecule has 0 heterocycles. The van der Waals surface area contributed by atoms with Crippen molar-refractivity contribution in [3.05, 3.63) is 29.3 Å². The molecule has 0 aliphatic heterocycles. The van der Waals surface area contributed by atoms with Crippen LogP contribution in [0.2, 0.25) is 0 Å². The molecule has 1 aromatic carbocycles. The molecule has 1 aromatic rings. The standard InChI is InChI=1S/C10H9ClF2O2/c11-4-3-9(15)7-2-1-6(14)5-8(7)10(12)13/h1-2,5,10,14H,3-4H2. The number of carbonyl (C=O) groups is 1. The Morgan fingerprint density at radius 3 is 2.67 bits per heavy atom. The summed E-state index contributed by atoms with van der Waals surface area (Å²) in [5.41, 5.74) is -0.534. The van der Waals surface area contributed by atoms with Gasteiger partial charge in [0.25, 0.3) is 6.43 Å². The maximum absolute atomic E-state index is 12.5. The van der Waals surface area contributed by atoms with Gasteiger partial charge >= 0.3 is 0 Å². The minimum absolute atomic E-state index is 0.00600. The van der Waals surface area contributed by atoms with Crippen molar-refractivity contribution in [2.24, 2.45) is 0 Å². The van der Waals surface area contributed by atoms with Crippen LogP contribution in [0.25, 0.3) is 0 Å². The Bertz CT molecular complexity index is 366. The molecule has 0 atom stereocenters. The molecular weight excluding hydrogens is 226 g/mol. The fraction of sp³-hybridized carbons (Fsp3) is 0.300. The van der Waals surface area contributed by atoms with Crippen LogP contribution in [-0.2, 0) is 0 Å². The predicted molar refractivity (Wildman–Crippen MR) is 52.7 cm³/mol. The molecular formula is C10H9ClF2O2. The van der Waals surface area contributed by atoms with Crippen molar-refractivity contribution < 1.29 is 18.7 Å². The minimum Gasteiger partial charge on any atom is -0.508 e. The number of benzene rings is 1. The van der Waals surface area contributed by atoms with E-state index in [9.17, 15) is 13.6 Å². The van der Waals surface area contributed by atoms with Gasteiger partial charge in [0.1, 0.15) is 5.75 Å². The lowest BCUT2D eigenvalue weighted by Gasteiger charge is -2.07. The van der Waals surface area contributed by atoms with Crippen LogP contribution < -0.4 is 0 Å². The van der Waals surface area contributed by atoms with Crippen molar-refractivity contribution in [1.82, 2.24) is 0 Å². The van der Waals surface area contributed by atoms with Gasteiger partial charge in [-0.05, 0) is 18.2 Å². The summed E-state index contributed by atoms with van der Waals surface area (Å²) in [6.45, 7) is 0. The molecule has 0 fully saturated rings. The van der Waals surface area contributed by atoms with Gasteiger partial charge in [-0.25, -0.2) is 8.78 Å². The van der Waals surface area contributed by atoms with Crippen molar-refractivity contribution in [2.75, 3.05) is 5.88 Å². The Morgan fingerprint density at radius 1 is 1.47 bits per heavy atom. The highest BCUT2D eigenvalue weighted by atomic mass is 35.5.